The average Bonchev–Trinajstić information content (AvgIpc) is 2.42. The topological polar surface area (TPSA) is 50.9 Å². The molecular weight excluding hydrogens is 273 g/mol. The highest BCUT2D eigenvalue weighted by Crippen LogP contribution is 2.16. The molecule has 0 aliphatic carbocycles. The number of thiocarbonyl (C=S) groups is 1. The lowest BCUT2D eigenvalue weighted by molar-refractivity contribution is 0.608. The van der Waals surface area contributed by atoms with Crippen LogP contribution in [0.25, 0.3) is 0 Å². The van der Waals surface area contributed by atoms with Crippen LogP contribution in [0, 0.1) is 19.7 Å². The predicted octanol–water partition coefficient (Wildman–Crippen LogP) is 3.08. The molecule has 0 fully saturated rings. The summed E-state index contributed by atoms with van der Waals surface area (Å²) >= 11 is 4.89. The Bertz CT molecular complexity index is 632. The van der Waals surface area contributed by atoms with Crippen LogP contribution in [0.5, 0.6) is 0 Å². The summed E-state index contributed by atoms with van der Waals surface area (Å²) in [4.78, 5) is 4.56. The molecule has 0 bridgehead atoms. The smallest absolute Gasteiger partial charge is 0.129 e. The molecule has 0 saturated carbocycles. The molecule has 1 heterocycles. The summed E-state index contributed by atoms with van der Waals surface area (Å²) in [7, 11) is 0. The lowest BCUT2D eigenvalue weighted by Crippen LogP contribution is -2.12. The predicted molar refractivity (Wildman–Crippen MR) is 83.3 cm³/mol. The van der Waals surface area contributed by atoms with Crippen molar-refractivity contribution in [3.05, 3.63) is 58.5 Å². The number of pyridine rings is 1. The summed E-state index contributed by atoms with van der Waals surface area (Å²) in [6, 6.07) is 9.09. The molecule has 0 spiro atoms. The molecule has 3 N–H and O–H groups in total. The van der Waals surface area contributed by atoms with Gasteiger partial charge >= 0.3 is 0 Å². The monoisotopic (exact) mass is 289 g/mol. The Morgan fingerprint density at radius 3 is 2.55 bits per heavy atom. The molecule has 3 nitrogen and oxygen atoms in total. The van der Waals surface area contributed by atoms with Gasteiger partial charge in [0.15, 0.2) is 0 Å². The Kier molecular flexibility index (Phi) is 4.29. The minimum absolute atomic E-state index is 0.151. The molecule has 0 atom stereocenters. The van der Waals surface area contributed by atoms with Crippen molar-refractivity contribution in [3.8, 4) is 0 Å². The second-order valence-electron chi connectivity index (χ2n) is 4.67. The number of rotatable bonds is 4. The van der Waals surface area contributed by atoms with Crippen LogP contribution in [0.1, 0.15) is 22.4 Å². The number of hydrogen-bond acceptors (Lipinski definition) is 3. The van der Waals surface area contributed by atoms with Gasteiger partial charge in [-0.25, -0.2) is 9.37 Å². The van der Waals surface area contributed by atoms with Crippen LogP contribution in [0.2, 0.25) is 0 Å². The van der Waals surface area contributed by atoms with Crippen LogP contribution in [-0.2, 0) is 6.54 Å². The summed E-state index contributed by atoms with van der Waals surface area (Å²) in [5, 5.41) is 3.18. The normalized spacial score (nSPS) is 10.3. The molecule has 0 saturated heterocycles. The third kappa shape index (κ3) is 3.30. The van der Waals surface area contributed by atoms with Gasteiger partial charge in [-0.05, 0) is 42.7 Å². The fourth-order valence-electron chi connectivity index (χ4n) is 2.00. The van der Waals surface area contributed by atoms with Gasteiger partial charge in [0, 0.05) is 6.54 Å². The zero-order valence-electron chi connectivity index (χ0n) is 11.4. The fraction of sp³-hybridized carbons (Fsp3) is 0.200. The van der Waals surface area contributed by atoms with E-state index >= 15 is 0 Å². The minimum Gasteiger partial charge on any atom is -0.388 e. The third-order valence-corrected chi connectivity index (χ3v) is 3.18. The Hall–Kier alpha value is -2.01. The Morgan fingerprint density at radius 1 is 1.30 bits per heavy atom. The number of nitrogens with zero attached hydrogens (tertiary/aromatic N) is 1. The first-order valence-corrected chi connectivity index (χ1v) is 6.64. The van der Waals surface area contributed by atoms with E-state index < -0.39 is 0 Å². The number of hydrogen-bond donors (Lipinski definition) is 2. The van der Waals surface area contributed by atoms with Crippen LogP contribution in [0.4, 0.5) is 10.2 Å². The largest absolute Gasteiger partial charge is 0.388 e. The molecular formula is C15H16FN3S. The molecule has 0 aliphatic heterocycles. The van der Waals surface area contributed by atoms with Crippen molar-refractivity contribution in [2.24, 2.45) is 5.73 Å². The molecule has 2 aromatic rings. The minimum atomic E-state index is -0.151. The van der Waals surface area contributed by atoms with Crippen molar-refractivity contribution in [1.29, 1.82) is 0 Å². The van der Waals surface area contributed by atoms with E-state index in [-0.39, 0.29) is 10.8 Å². The Balaban J connectivity index is 2.13. The summed E-state index contributed by atoms with van der Waals surface area (Å²) in [5.74, 6) is 0.539. The first-order valence-electron chi connectivity index (χ1n) is 6.23. The van der Waals surface area contributed by atoms with Crippen LogP contribution < -0.4 is 11.1 Å². The number of aromatic nitrogens is 1. The molecule has 0 aliphatic rings. The van der Waals surface area contributed by atoms with Crippen LogP contribution in [0.15, 0.2) is 30.3 Å². The maximum absolute atomic E-state index is 13.6. The molecule has 1 aromatic heterocycles. The first kappa shape index (κ1) is 14.4. The maximum Gasteiger partial charge on any atom is 0.129 e. The summed E-state index contributed by atoms with van der Waals surface area (Å²) in [5.41, 5.74) is 8.42. The zero-order valence-corrected chi connectivity index (χ0v) is 12.2. The van der Waals surface area contributed by atoms with Crippen molar-refractivity contribution in [2.75, 3.05) is 5.32 Å². The van der Waals surface area contributed by atoms with E-state index in [2.05, 4.69) is 10.3 Å². The van der Waals surface area contributed by atoms with E-state index in [9.17, 15) is 4.39 Å². The van der Waals surface area contributed by atoms with E-state index in [0.717, 1.165) is 5.56 Å². The average molecular weight is 289 g/mol. The summed E-state index contributed by atoms with van der Waals surface area (Å²) in [6.45, 7) is 4.09. The van der Waals surface area contributed by atoms with Crippen LogP contribution in [0.3, 0.4) is 0 Å². The molecule has 104 valence electrons. The van der Waals surface area contributed by atoms with Crippen molar-refractivity contribution in [2.45, 2.75) is 20.4 Å². The summed E-state index contributed by atoms with van der Waals surface area (Å²) in [6.07, 6.45) is 0. The third-order valence-electron chi connectivity index (χ3n) is 2.97. The number of halogens is 1. The number of nitrogens with one attached hydrogen (secondary N) is 1. The van der Waals surface area contributed by atoms with Gasteiger partial charge < -0.3 is 11.1 Å². The summed E-state index contributed by atoms with van der Waals surface area (Å²) < 4.78 is 13.6. The highest BCUT2D eigenvalue weighted by Gasteiger charge is 2.05. The van der Waals surface area contributed by atoms with Gasteiger partial charge in [0.25, 0.3) is 0 Å². The highest BCUT2D eigenvalue weighted by molar-refractivity contribution is 7.80. The van der Waals surface area contributed by atoms with Gasteiger partial charge in [-0.15, -0.1) is 0 Å². The van der Waals surface area contributed by atoms with Crippen molar-refractivity contribution < 1.29 is 4.39 Å². The molecule has 0 radical (unpaired) electrons. The molecule has 2 rings (SSSR count). The van der Waals surface area contributed by atoms with Crippen LogP contribution in [-0.4, -0.2) is 9.97 Å². The van der Waals surface area contributed by atoms with Gasteiger partial charge in [0.2, 0.25) is 0 Å². The van der Waals surface area contributed by atoms with E-state index in [1.807, 2.05) is 24.3 Å². The maximum atomic E-state index is 13.6. The molecule has 0 amide bonds. The lowest BCUT2D eigenvalue weighted by Gasteiger charge is -2.09. The first-order chi connectivity index (χ1) is 9.47. The molecule has 20 heavy (non-hydrogen) atoms. The van der Waals surface area contributed by atoms with Gasteiger partial charge in [-0.3, -0.25) is 0 Å². The van der Waals surface area contributed by atoms with E-state index in [0.29, 0.717) is 29.2 Å². The zero-order chi connectivity index (χ0) is 14.7. The Morgan fingerprint density at radius 2 is 1.95 bits per heavy atom. The molecule has 5 heteroatoms. The van der Waals surface area contributed by atoms with Gasteiger partial charge in [0.1, 0.15) is 16.6 Å². The van der Waals surface area contributed by atoms with Crippen LogP contribution >= 0.6 is 12.2 Å². The van der Waals surface area contributed by atoms with Crippen molar-refractivity contribution >= 4 is 23.0 Å². The lowest BCUT2D eigenvalue weighted by atomic mass is 10.1. The second kappa shape index (κ2) is 5.96. The van der Waals surface area contributed by atoms with Gasteiger partial charge in [-0.1, -0.05) is 30.4 Å². The van der Waals surface area contributed by atoms with E-state index in [4.69, 9.17) is 18.0 Å². The van der Waals surface area contributed by atoms with E-state index in [1.165, 1.54) is 0 Å². The molecule has 0 unspecified atom stereocenters. The van der Waals surface area contributed by atoms with Crippen molar-refractivity contribution in [1.82, 2.24) is 4.98 Å². The number of aryl methyl sites for hydroxylation is 2. The quantitative estimate of drug-likeness (QED) is 0.849. The SMILES string of the molecule is Cc1cc(CNc2cccc(C(N)=S)n2)cc(C)c1F. The Labute approximate surface area is 123 Å². The van der Waals surface area contributed by atoms with Crippen molar-refractivity contribution in [3.63, 3.8) is 0 Å². The van der Waals surface area contributed by atoms with Gasteiger partial charge in [0.05, 0.1) is 5.69 Å². The number of anilines is 1. The number of nitrogens with two attached hydrogens (primary N) is 1. The highest BCUT2D eigenvalue weighted by atomic mass is 32.1. The number of benzene rings is 1. The molecule has 1 aromatic carbocycles. The standard InChI is InChI=1S/C15H16FN3S/c1-9-6-11(7-10(2)14(9)16)8-18-13-5-3-4-12(19-13)15(17)20/h3-7H,8H2,1-2H3,(H2,17,20)(H,18,19). The van der Waals surface area contributed by atoms with E-state index in [1.54, 1.807) is 19.9 Å². The second-order valence-corrected chi connectivity index (χ2v) is 5.11. The fourth-order valence-corrected chi connectivity index (χ4v) is 2.11. The van der Waals surface area contributed by atoms with Gasteiger partial charge in [-0.2, -0.15) is 0 Å².